The predicted molar refractivity (Wildman–Crippen MR) is 55.6 cm³/mol. The highest BCUT2D eigenvalue weighted by Crippen LogP contribution is 2.35. The molecule has 1 aromatic heterocycles. The van der Waals surface area contributed by atoms with Crippen molar-refractivity contribution in [1.82, 2.24) is 4.98 Å². The van der Waals surface area contributed by atoms with Gasteiger partial charge in [-0.15, -0.1) is 0 Å². The molecule has 0 saturated carbocycles. The van der Waals surface area contributed by atoms with E-state index >= 15 is 0 Å². The molecular formula is C11H15NO4. The van der Waals surface area contributed by atoms with Gasteiger partial charge in [0.05, 0.1) is 19.8 Å². The molecule has 5 nitrogen and oxygen atoms in total. The van der Waals surface area contributed by atoms with E-state index < -0.39 is 5.79 Å². The molecule has 0 bridgehead atoms. The standard InChI is InChI=1S/C11H15NO4/c1-11(2)15-6-8-7(4-13)3-12-9(5-14)10(8)16-11/h3,13-14H,4-6H2,1-2H3. The molecule has 0 aromatic carbocycles. The Balaban J connectivity index is 2.50. The number of aliphatic hydroxyl groups excluding tert-OH is 2. The van der Waals surface area contributed by atoms with E-state index in [1.807, 2.05) is 0 Å². The molecular weight excluding hydrogens is 210 g/mol. The third-order valence-corrected chi connectivity index (χ3v) is 2.53. The molecule has 0 amide bonds. The summed E-state index contributed by atoms with van der Waals surface area (Å²) in [5.41, 5.74) is 1.91. The summed E-state index contributed by atoms with van der Waals surface area (Å²) < 4.78 is 11.1. The number of hydrogen-bond donors (Lipinski definition) is 2. The summed E-state index contributed by atoms with van der Waals surface area (Å²) in [6, 6.07) is 0. The van der Waals surface area contributed by atoms with E-state index in [-0.39, 0.29) is 13.2 Å². The lowest BCUT2D eigenvalue weighted by Gasteiger charge is -2.34. The Morgan fingerprint density at radius 2 is 2.12 bits per heavy atom. The van der Waals surface area contributed by atoms with Crippen LogP contribution in [0.25, 0.3) is 0 Å². The number of ether oxygens (including phenoxy) is 2. The van der Waals surface area contributed by atoms with Crippen molar-refractivity contribution >= 4 is 0 Å². The van der Waals surface area contributed by atoms with Crippen LogP contribution in [0.1, 0.15) is 30.7 Å². The highest BCUT2D eigenvalue weighted by atomic mass is 16.7. The van der Waals surface area contributed by atoms with Gasteiger partial charge in [0.15, 0.2) is 5.75 Å². The van der Waals surface area contributed by atoms with Crippen molar-refractivity contribution in [2.45, 2.75) is 39.5 Å². The van der Waals surface area contributed by atoms with Crippen LogP contribution in [0.15, 0.2) is 6.20 Å². The van der Waals surface area contributed by atoms with Gasteiger partial charge in [0, 0.05) is 31.2 Å². The smallest absolute Gasteiger partial charge is 0.205 e. The molecule has 16 heavy (non-hydrogen) atoms. The van der Waals surface area contributed by atoms with Crippen LogP contribution in [0.3, 0.4) is 0 Å². The number of fused-ring (bicyclic) bond motifs is 1. The maximum Gasteiger partial charge on any atom is 0.205 e. The highest BCUT2D eigenvalue weighted by molar-refractivity contribution is 5.42. The Morgan fingerprint density at radius 1 is 1.38 bits per heavy atom. The molecule has 0 unspecified atom stereocenters. The van der Waals surface area contributed by atoms with E-state index in [4.69, 9.17) is 9.47 Å². The third-order valence-electron chi connectivity index (χ3n) is 2.53. The summed E-state index contributed by atoms with van der Waals surface area (Å²) in [6.45, 7) is 3.64. The van der Waals surface area contributed by atoms with E-state index in [2.05, 4.69) is 4.98 Å². The molecule has 0 saturated heterocycles. The first-order valence-electron chi connectivity index (χ1n) is 5.11. The third kappa shape index (κ3) is 1.89. The SMILES string of the molecule is CC1(C)OCc2c(CO)cnc(CO)c2O1. The fraction of sp³-hybridized carbons (Fsp3) is 0.545. The van der Waals surface area contributed by atoms with Gasteiger partial charge < -0.3 is 19.7 Å². The van der Waals surface area contributed by atoms with Gasteiger partial charge in [-0.25, -0.2) is 0 Å². The number of rotatable bonds is 2. The molecule has 2 rings (SSSR count). The van der Waals surface area contributed by atoms with Crippen LogP contribution in [-0.4, -0.2) is 21.0 Å². The first kappa shape index (κ1) is 11.3. The quantitative estimate of drug-likeness (QED) is 0.775. The van der Waals surface area contributed by atoms with Gasteiger partial charge in [-0.05, 0) is 0 Å². The van der Waals surface area contributed by atoms with Crippen molar-refractivity contribution in [2.75, 3.05) is 0 Å². The monoisotopic (exact) mass is 225 g/mol. The van der Waals surface area contributed by atoms with Gasteiger partial charge in [0.1, 0.15) is 5.69 Å². The summed E-state index contributed by atoms with van der Waals surface area (Å²) in [6.07, 6.45) is 1.54. The van der Waals surface area contributed by atoms with Crippen LogP contribution in [-0.2, 0) is 24.6 Å². The van der Waals surface area contributed by atoms with E-state index in [1.54, 1.807) is 13.8 Å². The highest BCUT2D eigenvalue weighted by Gasteiger charge is 2.30. The van der Waals surface area contributed by atoms with Gasteiger partial charge in [-0.1, -0.05) is 0 Å². The lowest BCUT2D eigenvalue weighted by atomic mass is 10.1. The zero-order valence-electron chi connectivity index (χ0n) is 9.36. The summed E-state index contributed by atoms with van der Waals surface area (Å²) in [5.74, 6) is -0.197. The van der Waals surface area contributed by atoms with Gasteiger partial charge in [0.25, 0.3) is 0 Å². The maximum absolute atomic E-state index is 9.18. The van der Waals surface area contributed by atoms with Crippen LogP contribution in [0.5, 0.6) is 5.75 Å². The molecule has 1 aromatic rings. The summed E-state index contributed by atoms with van der Waals surface area (Å²) in [7, 11) is 0. The molecule has 0 atom stereocenters. The number of nitrogens with zero attached hydrogens (tertiary/aromatic N) is 1. The van der Waals surface area contributed by atoms with Gasteiger partial charge >= 0.3 is 0 Å². The van der Waals surface area contributed by atoms with Crippen LogP contribution in [0.4, 0.5) is 0 Å². The minimum atomic E-state index is -0.729. The van der Waals surface area contributed by atoms with Gasteiger partial charge in [-0.2, -0.15) is 0 Å². The van der Waals surface area contributed by atoms with Crippen molar-refractivity contribution < 1.29 is 19.7 Å². The van der Waals surface area contributed by atoms with Crippen LogP contribution in [0.2, 0.25) is 0 Å². The van der Waals surface area contributed by atoms with E-state index in [9.17, 15) is 10.2 Å². The molecule has 5 heteroatoms. The maximum atomic E-state index is 9.18. The first-order chi connectivity index (χ1) is 7.57. The number of aliphatic hydroxyl groups is 2. The number of hydrogen-bond acceptors (Lipinski definition) is 5. The van der Waals surface area contributed by atoms with E-state index in [1.165, 1.54) is 6.20 Å². The molecule has 1 aliphatic heterocycles. The fourth-order valence-electron chi connectivity index (χ4n) is 1.66. The lowest BCUT2D eigenvalue weighted by Crippen LogP contribution is -2.36. The number of pyridine rings is 1. The summed E-state index contributed by atoms with van der Waals surface area (Å²) in [5, 5.41) is 18.4. The fourth-order valence-corrected chi connectivity index (χ4v) is 1.66. The largest absolute Gasteiger partial charge is 0.461 e. The Kier molecular flexibility index (Phi) is 2.84. The van der Waals surface area contributed by atoms with Gasteiger partial charge in [-0.3, -0.25) is 4.98 Å². The molecule has 88 valence electrons. The Bertz CT molecular complexity index is 403. The molecule has 0 aliphatic carbocycles. The molecule has 0 fully saturated rings. The van der Waals surface area contributed by atoms with E-state index in [0.717, 1.165) is 5.56 Å². The van der Waals surface area contributed by atoms with Crippen molar-refractivity contribution in [2.24, 2.45) is 0 Å². The zero-order chi connectivity index (χ0) is 11.8. The topological polar surface area (TPSA) is 71.8 Å². The second-order valence-corrected chi connectivity index (χ2v) is 4.14. The second-order valence-electron chi connectivity index (χ2n) is 4.14. The van der Waals surface area contributed by atoms with E-state index in [0.29, 0.717) is 23.6 Å². The molecule has 0 radical (unpaired) electrons. The van der Waals surface area contributed by atoms with Crippen LogP contribution < -0.4 is 4.74 Å². The van der Waals surface area contributed by atoms with Crippen molar-refractivity contribution in [3.05, 3.63) is 23.0 Å². The Morgan fingerprint density at radius 3 is 2.75 bits per heavy atom. The molecule has 2 heterocycles. The minimum absolute atomic E-state index is 0.117. The van der Waals surface area contributed by atoms with Crippen LogP contribution >= 0.6 is 0 Å². The molecule has 0 spiro atoms. The molecule has 2 N–H and O–H groups in total. The Labute approximate surface area is 93.7 Å². The zero-order valence-corrected chi connectivity index (χ0v) is 9.36. The Hall–Kier alpha value is -1.17. The van der Waals surface area contributed by atoms with Crippen molar-refractivity contribution in [3.8, 4) is 5.75 Å². The van der Waals surface area contributed by atoms with Crippen molar-refractivity contribution in [3.63, 3.8) is 0 Å². The summed E-state index contributed by atoms with van der Waals surface area (Å²) >= 11 is 0. The first-order valence-corrected chi connectivity index (χ1v) is 5.11. The van der Waals surface area contributed by atoms with Crippen molar-refractivity contribution in [1.29, 1.82) is 0 Å². The normalized spacial score (nSPS) is 17.8. The summed E-state index contributed by atoms with van der Waals surface area (Å²) in [4.78, 5) is 4.06. The number of aromatic nitrogens is 1. The predicted octanol–water partition coefficient (Wildman–Crippen LogP) is 0.711. The average molecular weight is 225 g/mol. The minimum Gasteiger partial charge on any atom is -0.461 e. The van der Waals surface area contributed by atoms with Gasteiger partial charge in [0.2, 0.25) is 5.79 Å². The van der Waals surface area contributed by atoms with Crippen LogP contribution in [0, 0.1) is 0 Å². The second kappa shape index (κ2) is 4.01. The lowest BCUT2D eigenvalue weighted by molar-refractivity contribution is -0.181. The molecule has 1 aliphatic rings. The average Bonchev–Trinajstić information content (AvgIpc) is 2.26.